The third kappa shape index (κ3) is 2.89. The van der Waals surface area contributed by atoms with Gasteiger partial charge < -0.3 is 15.1 Å². The number of carbonyl (C=O) groups is 1. The van der Waals surface area contributed by atoms with Crippen molar-refractivity contribution in [1.82, 2.24) is 15.1 Å². The molecule has 0 bridgehead atoms. The van der Waals surface area contributed by atoms with Gasteiger partial charge in [0.15, 0.2) is 0 Å². The van der Waals surface area contributed by atoms with Gasteiger partial charge in [-0.05, 0) is 6.54 Å². The third-order valence-electron chi connectivity index (χ3n) is 2.43. The Morgan fingerprint density at radius 3 is 2.57 bits per heavy atom. The maximum absolute atomic E-state index is 11.4. The minimum atomic E-state index is -0.123. The molecule has 0 aromatic rings. The van der Waals surface area contributed by atoms with Crippen LogP contribution >= 0.6 is 0 Å². The number of likely N-dealkylation sites (N-methyl/N-ethyl adjacent to an activating group) is 1. The van der Waals surface area contributed by atoms with Gasteiger partial charge in [-0.1, -0.05) is 6.92 Å². The lowest BCUT2D eigenvalue weighted by atomic mass is 10.3. The van der Waals surface area contributed by atoms with Crippen LogP contribution in [0, 0.1) is 11.3 Å². The molecule has 78 valence electrons. The van der Waals surface area contributed by atoms with Gasteiger partial charge in [0, 0.05) is 26.2 Å². The van der Waals surface area contributed by atoms with Crippen LogP contribution in [0.15, 0.2) is 0 Å². The highest BCUT2D eigenvalue weighted by atomic mass is 16.2. The van der Waals surface area contributed by atoms with Crippen molar-refractivity contribution in [1.29, 1.82) is 5.26 Å². The van der Waals surface area contributed by atoms with E-state index in [2.05, 4.69) is 17.1 Å². The first-order valence-corrected chi connectivity index (χ1v) is 4.90. The molecule has 1 N–H and O–H groups in total. The summed E-state index contributed by atoms with van der Waals surface area (Å²) >= 11 is 0. The fraction of sp³-hybridized carbons (Fsp3) is 0.778. The van der Waals surface area contributed by atoms with Gasteiger partial charge in [0.1, 0.15) is 6.54 Å². The minimum absolute atomic E-state index is 0.0901. The lowest BCUT2D eigenvalue weighted by Gasteiger charge is -2.33. The number of nitrogens with one attached hydrogen (secondary N) is 1. The van der Waals surface area contributed by atoms with Crippen LogP contribution in [0.1, 0.15) is 6.92 Å². The van der Waals surface area contributed by atoms with Crippen molar-refractivity contribution < 1.29 is 4.79 Å². The number of urea groups is 1. The molecule has 1 saturated heterocycles. The van der Waals surface area contributed by atoms with E-state index in [1.54, 1.807) is 4.90 Å². The summed E-state index contributed by atoms with van der Waals surface area (Å²) in [6, 6.07) is 1.77. The van der Waals surface area contributed by atoms with Gasteiger partial charge in [-0.25, -0.2) is 4.79 Å². The molecule has 0 aliphatic carbocycles. The molecule has 0 radical (unpaired) electrons. The quantitative estimate of drug-likeness (QED) is 0.625. The Bertz CT molecular complexity index is 227. The van der Waals surface area contributed by atoms with Gasteiger partial charge in [0.25, 0.3) is 0 Å². The van der Waals surface area contributed by atoms with Crippen LogP contribution in [0.25, 0.3) is 0 Å². The average molecular weight is 196 g/mol. The van der Waals surface area contributed by atoms with Crippen LogP contribution in [-0.2, 0) is 0 Å². The Morgan fingerprint density at radius 1 is 1.43 bits per heavy atom. The Labute approximate surface area is 84.3 Å². The van der Waals surface area contributed by atoms with Crippen molar-refractivity contribution in [2.45, 2.75) is 6.92 Å². The van der Waals surface area contributed by atoms with Gasteiger partial charge >= 0.3 is 6.03 Å². The van der Waals surface area contributed by atoms with E-state index in [0.29, 0.717) is 0 Å². The van der Waals surface area contributed by atoms with E-state index in [0.717, 1.165) is 32.7 Å². The van der Waals surface area contributed by atoms with E-state index in [-0.39, 0.29) is 12.6 Å². The normalized spacial score (nSPS) is 17.6. The summed E-state index contributed by atoms with van der Waals surface area (Å²) in [5.74, 6) is 0. The van der Waals surface area contributed by atoms with Crippen LogP contribution < -0.4 is 5.32 Å². The van der Waals surface area contributed by atoms with E-state index in [4.69, 9.17) is 5.26 Å². The molecule has 0 aromatic carbocycles. The first kappa shape index (κ1) is 10.8. The summed E-state index contributed by atoms with van der Waals surface area (Å²) in [4.78, 5) is 15.5. The molecular formula is C9H16N4O. The molecule has 1 rings (SSSR count). The molecule has 0 spiro atoms. The minimum Gasteiger partial charge on any atom is -0.325 e. The highest BCUT2D eigenvalue weighted by Gasteiger charge is 2.19. The second-order valence-corrected chi connectivity index (χ2v) is 3.24. The number of nitriles is 1. The Hall–Kier alpha value is -1.28. The fourth-order valence-electron chi connectivity index (χ4n) is 1.49. The molecule has 0 saturated carbocycles. The monoisotopic (exact) mass is 196 g/mol. The summed E-state index contributed by atoms with van der Waals surface area (Å²) < 4.78 is 0. The maximum atomic E-state index is 11.4. The molecule has 1 aliphatic rings. The highest BCUT2D eigenvalue weighted by molar-refractivity contribution is 5.74. The topological polar surface area (TPSA) is 59.4 Å². The Kier molecular flexibility index (Phi) is 4.20. The Balaban J connectivity index is 2.27. The van der Waals surface area contributed by atoms with Crippen LogP contribution in [-0.4, -0.2) is 55.1 Å². The maximum Gasteiger partial charge on any atom is 0.318 e. The molecule has 0 aromatic heterocycles. The summed E-state index contributed by atoms with van der Waals surface area (Å²) in [6.45, 7) is 6.61. The zero-order valence-electron chi connectivity index (χ0n) is 8.49. The molecule has 14 heavy (non-hydrogen) atoms. The summed E-state index contributed by atoms with van der Waals surface area (Å²) in [5, 5.41) is 10.8. The van der Waals surface area contributed by atoms with Gasteiger partial charge in [-0.2, -0.15) is 5.26 Å². The molecular weight excluding hydrogens is 180 g/mol. The number of amides is 2. The van der Waals surface area contributed by atoms with Crippen LogP contribution in [0.4, 0.5) is 4.79 Å². The molecule has 0 unspecified atom stereocenters. The van der Waals surface area contributed by atoms with E-state index < -0.39 is 0 Å². The first-order chi connectivity index (χ1) is 6.77. The van der Waals surface area contributed by atoms with E-state index >= 15 is 0 Å². The molecule has 5 nitrogen and oxygen atoms in total. The lowest BCUT2D eigenvalue weighted by Crippen LogP contribution is -2.51. The fourth-order valence-corrected chi connectivity index (χ4v) is 1.49. The van der Waals surface area contributed by atoms with Crippen molar-refractivity contribution in [2.75, 3.05) is 39.3 Å². The van der Waals surface area contributed by atoms with E-state index in [1.165, 1.54) is 0 Å². The molecule has 1 aliphatic heterocycles. The predicted molar refractivity (Wildman–Crippen MR) is 52.7 cm³/mol. The van der Waals surface area contributed by atoms with E-state index in [1.807, 2.05) is 6.07 Å². The summed E-state index contributed by atoms with van der Waals surface area (Å²) in [7, 11) is 0. The number of piperazine rings is 1. The zero-order valence-corrected chi connectivity index (χ0v) is 8.49. The summed E-state index contributed by atoms with van der Waals surface area (Å²) in [6.07, 6.45) is 0. The lowest BCUT2D eigenvalue weighted by molar-refractivity contribution is 0.143. The SMILES string of the molecule is CCN1CCN(C(=O)NCC#N)CC1. The molecule has 5 heteroatoms. The van der Waals surface area contributed by atoms with Crippen molar-refractivity contribution in [3.05, 3.63) is 0 Å². The van der Waals surface area contributed by atoms with Crippen molar-refractivity contribution in [3.8, 4) is 6.07 Å². The first-order valence-electron chi connectivity index (χ1n) is 4.90. The van der Waals surface area contributed by atoms with Crippen LogP contribution in [0.2, 0.25) is 0 Å². The molecule has 2 amide bonds. The number of hydrogen-bond acceptors (Lipinski definition) is 3. The van der Waals surface area contributed by atoms with E-state index in [9.17, 15) is 4.79 Å². The predicted octanol–water partition coefficient (Wildman–Crippen LogP) is -0.143. The zero-order chi connectivity index (χ0) is 10.4. The van der Waals surface area contributed by atoms with Crippen molar-refractivity contribution >= 4 is 6.03 Å². The third-order valence-corrected chi connectivity index (χ3v) is 2.43. The summed E-state index contributed by atoms with van der Waals surface area (Å²) in [5.41, 5.74) is 0. The standard InChI is InChI=1S/C9H16N4O/c1-2-12-5-7-13(8-6-12)9(14)11-4-3-10/h2,4-8H2,1H3,(H,11,14). The second kappa shape index (κ2) is 5.45. The number of rotatable bonds is 2. The smallest absolute Gasteiger partial charge is 0.318 e. The van der Waals surface area contributed by atoms with Gasteiger partial charge in [-0.3, -0.25) is 0 Å². The number of hydrogen-bond donors (Lipinski definition) is 1. The average Bonchev–Trinajstić information content (AvgIpc) is 2.26. The number of carbonyl (C=O) groups excluding carboxylic acids is 1. The van der Waals surface area contributed by atoms with Crippen LogP contribution in [0.5, 0.6) is 0 Å². The highest BCUT2D eigenvalue weighted by Crippen LogP contribution is 2.00. The van der Waals surface area contributed by atoms with Crippen molar-refractivity contribution in [2.24, 2.45) is 0 Å². The van der Waals surface area contributed by atoms with Gasteiger partial charge in [-0.15, -0.1) is 0 Å². The number of nitrogens with zero attached hydrogens (tertiary/aromatic N) is 3. The Morgan fingerprint density at radius 2 is 2.07 bits per heavy atom. The van der Waals surface area contributed by atoms with Gasteiger partial charge in [0.05, 0.1) is 6.07 Å². The molecule has 1 heterocycles. The van der Waals surface area contributed by atoms with Crippen molar-refractivity contribution in [3.63, 3.8) is 0 Å². The van der Waals surface area contributed by atoms with Gasteiger partial charge in [0.2, 0.25) is 0 Å². The largest absolute Gasteiger partial charge is 0.325 e. The molecule has 0 atom stereocenters. The molecule has 1 fully saturated rings. The second-order valence-electron chi connectivity index (χ2n) is 3.24. The van der Waals surface area contributed by atoms with Crippen LogP contribution in [0.3, 0.4) is 0 Å².